The van der Waals surface area contributed by atoms with Crippen LogP contribution in [0.3, 0.4) is 0 Å². The molecule has 0 aliphatic carbocycles. The first kappa shape index (κ1) is 20.1. The molecule has 0 bridgehead atoms. The van der Waals surface area contributed by atoms with Gasteiger partial charge in [0.25, 0.3) is 0 Å². The number of aryl methyl sites for hydroxylation is 1. The zero-order valence-corrected chi connectivity index (χ0v) is 17.2. The Kier molecular flexibility index (Phi) is 5.54. The van der Waals surface area contributed by atoms with E-state index in [0.29, 0.717) is 17.9 Å². The highest BCUT2D eigenvalue weighted by Gasteiger charge is 2.20. The molecule has 2 heterocycles. The van der Waals surface area contributed by atoms with Gasteiger partial charge in [-0.1, -0.05) is 27.7 Å². The molecule has 1 N–H and O–H groups in total. The molecule has 0 fully saturated rings. The molecular weight excluding hydrogens is 353 g/mol. The van der Waals surface area contributed by atoms with Gasteiger partial charge >= 0.3 is 0 Å². The maximum absolute atomic E-state index is 13.4. The van der Waals surface area contributed by atoms with Gasteiger partial charge in [-0.05, 0) is 66.6 Å². The minimum Gasteiger partial charge on any atom is -0.310 e. The highest BCUT2D eigenvalue weighted by Crippen LogP contribution is 2.30. The van der Waals surface area contributed by atoms with E-state index in [1.807, 2.05) is 29.7 Å². The smallest absolute Gasteiger partial charge is 0.225 e. The Labute approximate surface area is 165 Å². The number of nitrogens with zero attached hydrogens (tertiary/aromatic N) is 2. The van der Waals surface area contributed by atoms with E-state index in [4.69, 9.17) is 4.98 Å². The van der Waals surface area contributed by atoms with E-state index in [1.54, 1.807) is 12.1 Å². The van der Waals surface area contributed by atoms with E-state index < -0.39 is 0 Å². The fraction of sp³-hybridized carbons (Fsp3) is 0.391. The van der Waals surface area contributed by atoms with Gasteiger partial charge in [0.1, 0.15) is 23.0 Å². The fourth-order valence-electron chi connectivity index (χ4n) is 3.69. The molecule has 5 heteroatoms. The summed E-state index contributed by atoms with van der Waals surface area (Å²) in [7, 11) is 0. The quantitative estimate of drug-likeness (QED) is 0.602. The zero-order chi connectivity index (χ0) is 20.5. The molecule has 4 nitrogen and oxygen atoms in total. The van der Waals surface area contributed by atoms with Crippen LogP contribution < -0.4 is 5.32 Å². The van der Waals surface area contributed by atoms with Crippen LogP contribution in [0.1, 0.15) is 46.1 Å². The molecule has 0 aliphatic heterocycles. The third-order valence-electron chi connectivity index (χ3n) is 4.65. The predicted molar refractivity (Wildman–Crippen MR) is 112 cm³/mol. The number of carbonyl (C=O) groups is 1. The minimum atomic E-state index is -0.301. The van der Waals surface area contributed by atoms with E-state index in [-0.39, 0.29) is 23.1 Å². The molecule has 0 unspecified atom stereocenters. The summed E-state index contributed by atoms with van der Waals surface area (Å²) in [4.78, 5) is 17.4. The van der Waals surface area contributed by atoms with Crippen LogP contribution in [0.4, 0.5) is 10.2 Å². The molecule has 0 saturated heterocycles. The molecule has 0 aliphatic rings. The molecule has 0 radical (unpaired) electrons. The molecule has 1 amide bonds. The van der Waals surface area contributed by atoms with Crippen LogP contribution in [0.25, 0.3) is 16.9 Å². The van der Waals surface area contributed by atoms with E-state index in [9.17, 15) is 9.18 Å². The van der Waals surface area contributed by atoms with Crippen LogP contribution in [0.2, 0.25) is 0 Å². The van der Waals surface area contributed by atoms with Crippen molar-refractivity contribution in [3.63, 3.8) is 0 Å². The lowest BCUT2D eigenvalue weighted by Gasteiger charge is -2.22. The van der Waals surface area contributed by atoms with Crippen molar-refractivity contribution in [1.29, 1.82) is 0 Å². The first-order valence-electron chi connectivity index (χ1n) is 9.67. The first-order chi connectivity index (χ1) is 13.1. The lowest BCUT2D eigenvalue weighted by atomic mass is 9.84. The lowest BCUT2D eigenvalue weighted by molar-refractivity contribution is -0.117. The molecule has 0 spiro atoms. The van der Waals surface area contributed by atoms with Crippen LogP contribution in [0.5, 0.6) is 0 Å². The Morgan fingerprint density at radius 2 is 1.89 bits per heavy atom. The van der Waals surface area contributed by atoms with E-state index >= 15 is 0 Å². The number of hydrogen-bond donors (Lipinski definition) is 1. The second-order valence-corrected chi connectivity index (χ2v) is 8.87. The minimum absolute atomic E-state index is 0.0394. The number of carbonyl (C=O) groups excluding carboxylic acids is 1. The third kappa shape index (κ3) is 4.77. The Balaban J connectivity index is 1.93. The van der Waals surface area contributed by atoms with Crippen molar-refractivity contribution >= 4 is 17.4 Å². The number of aromatic nitrogens is 2. The molecule has 148 valence electrons. The molecule has 1 aromatic carbocycles. The number of rotatable bonds is 5. The van der Waals surface area contributed by atoms with Crippen molar-refractivity contribution in [3.05, 3.63) is 54.0 Å². The second-order valence-electron chi connectivity index (χ2n) is 8.87. The first-order valence-corrected chi connectivity index (χ1v) is 9.67. The van der Waals surface area contributed by atoms with Gasteiger partial charge in [-0.2, -0.15) is 0 Å². The standard InChI is InChI=1S/C23H28FN3O/c1-15-10-11-27-19(12-15)25-21(17-6-8-18(24)9-7-17)22(27)26-20(28)13-16(2)14-23(3,4)5/h6-12,16H,13-14H2,1-5H3,(H,26,28)/t16-/m1/s1. The predicted octanol–water partition coefficient (Wildman–Crippen LogP) is 5.85. The van der Waals surface area contributed by atoms with Crippen molar-refractivity contribution in [1.82, 2.24) is 9.38 Å². The molecular formula is C23H28FN3O. The average Bonchev–Trinajstić information content (AvgIpc) is 2.91. The maximum Gasteiger partial charge on any atom is 0.225 e. The van der Waals surface area contributed by atoms with Crippen LogP contribution >= 0.6 is 0 Å². The Morgan fingerprint density at radius 1 is 1.21 bits per heavy atom. The fourth-order valence-corrected chi connectivity index (χ4v) is 3.69. The van der Waals surface area contributed by atoms with Gasteiger partial charge < -0.3 is 5.32 Å². The summed E-state index contributed by atoms with van der Waals surface area (Å²) in [6.07, 6.45) is 3.32. The van der Waals surface area contributed by atoms with Crippen LogP contribution in [0, 0.1) is 24.1 Å². The van der Waals surface area contributed by atoms with Crippen molar-refractivity contribution < 1.29 is 9.18 Å². The van der Waals surface area contributed by atoms with Gasteiger partial charge in [0, 0.05) is 18.2 Å². The molecule has 3 rings (SSSR count). The number of amides is 1. The molecule has 28 heavy (non-hydrogen) atoms. The summed E-state index contributed by atoms with van der Waals surface area (Å²) in [5, 5.41) is 3.05. The zero-order valence-electron chi connectivity index (χ0n) is 17.2. The molecule has 0 saturated carbocycles. The highest BCUT2D eigenvalue weighted by molar-refractivity contribution is 5.94. The van der Waals surface area contributed by atoms with Gasteiger partial charge in [-0.15, -0.1) is 0 Å². The van der Waals surface area contributed by atoms with E-state index in [1.165, 1.54) is 12.1 Å². The van der Waals surface area contributed by atoms with Gasteiger partial charge in [0.15, 0.2) is 0 Å². The summed E-state index contributed by atoms with van der Waals surface area (Å²) in [5.41, 5.74) is 3.42. The summed E-state index contributed by atoms with van der Waals surface area (Å²) < 4.78 is 15.2. The van der Waals surface area contributed by atoms with Crippen molar-refractivity contribution in [2.24, 2.45) is 11.3 Å². The number of nitrogens with one attached hydrogen (secondary N) is 1. The van der Waals surface area contributed by atoms with E-state index in [0.717, 1.165) is 23.2 Å². The van der Waals surface area contributed by atoms with Crippen molar-refractivity contribution in [3.8, 4) is 11.3 Å². The number of anilines is 1. The average molecular weight is 381 g/mol. The normalized spacial score (nSPS) is 12.9. The number of fused-ring (bicyclic) bond motifs is 1. The molecule has 2 aromatic heterocycles. The summed E-state index contributed by atoms with van der Waals surface area (Å²) >= 11 is 0. The number of halogens is 1. The highest BCUT2D eigenvalue weighted by atomic mass is 19.1. The van der Waals surface area contributed by atoms with Crippen molar-refractivity contribution in [2.75, 3.05) is 5.32 Å². The number of benzene rings is 1. The monoisotopic (exact) mass is 381 g/mol. The molecule has 1 atom stereocenters. The largest absolute Gasteiger partial charge is 0.310 e. The maximum atomic E-state index is 13.4. The Hall–Kier alpha value is -2.69. The van der Waals surface area contributed by atoms with Crippen LogP contribution in [0.15, 0.2) is 42.6 Å². The number of hydrogen-bond acceptors (Lipinski definition) is 2. The van der Waals surface area contributed by atoms with Gasteiger partial charge in [0.05, 0.1) is 0 Å². The van der Waals surface area contributed by atoms with Gasteiger partial charge in [0.2, 0.25) is 5.91 Å². The van der Waals surface area contributed by atoms with Crippen molar-refractivity contribution in [2.45, 2.75) is 47.5 Å². The van der Waals surface area contributed by atoms with Crippen LogP contribution in [-0.4, -0.2) is 15.3 Å². The van der Waals surface area contributed by atoms with Crippen LogP contribution in [-0.2, 0) is 4.79 Å². The lowest BCUT2D eigenvalue weighted by Crippen LogP contribution is -2.19. The van der Waals surface area contributed by atoms with E-state index in [2.05, 4.69) is 33.0 Å². The van der Waals surface area contributed by atoms with Gasteiger partial charge in [-0.3, -0.25) is 9.20 Å². The number of imidazole rings is 1. The summed E-state index contributed by atoms with van der Waals surface area (Å²) in [6, 6.07) is 10.1. The Bertz CT molecular complexity index is 983. The Morgan fingerprint density at radius 3 is 2.54 bits per heavy atom. The second kappa shape index (κ2) is 7.74. The number of pyridine rings is 1. The topological polar surface area (TPSA) is 46.4 Å². The third-order valence-corrected chi connectivity index (χ3v) is 4.65. The summed E-state index contributed by atoms with van der Waals surface area (Å²) in [6.45, 7) is 10.6. The summed E-state index contributed by atoms with van der Waals surface area (Å²) in [5.74, 6) is 0.553. The van der Waals surface area contributed by atoms with Gasteiger partial charge in [-0.25, -0.2) is 9.37 Å². The molecule has 3 aromatic rings. The SMILES string of the molecule is Cc1ccn2c(NC(=O)C[C@@H](C)CC(C)(C)C)c(-c3ccc(F)cc3)nc2c1.